The molecule has 0 aromatic heterocycles. The van der Waals surface area contributed by atoms with E-state index < -0.39 is 5.82 Å². The fourth-order valence-electron chi connectivity index (χ4n) is 2.36. The third-order valence-electron chi connectivity index (χ3n) is 3.70. The Labute approximate surface area is 107 Å². The predicted molar refractivity (Wildman–Crippen MR) is 69.7 cm³/mol. The van der Waals surface area contributed by atoms with Gasteiger partial charge in [-0.15, -0.1) is 0 Å². The number of benzene rings is 1. The topological polar surface area (TPSA) is 46.3 Å². The van der Waals surface area contributed by atoms with E-state index in [-0.39, 0.29) is 11.6 Å². The molecule has 18 heavy (non-hydrogen) atoms. The number of carbonyl (C=O) groups excluding carboxylic acids is 1. The molecule has 1 atom stereocenters. The van der Waals surface area contributed by atoms with E-state index in [0.717, 1.165) is 19.5 Å². The average molecular weight is 250 g/mol. The van der Waals surface area contributed by atoms with Crippen molar-refractivity contribution in [3.05, 3.63) is 29.6 Å². The third kappa shape index (κ3) is 2.47. The molecule has 1 unspecified atom stereocenters. The first kappa shape index (κ1) is 12.9. The van der Waals surface area contributed by atoms with Gasteiger partial charge in [0.05, 0.1) is 5.69 Å². The molecule has 1 aromatic carbocycles. The van der Waals surface area contributed by atoms with Crippen molar-refractivity contribution in [3.63, 3.8) is 0 Å². The second-order valence-corrected chi connectivity index (χ2v) is 5.28. The van der Waals surface area contributed by atoms with Crippen molar-refractivity contribution in [1.82, 2.24) is 4.90 Å². The van der Waals surface area contributed by atoms with Gasteiger partial charge in [0.2, 0.25) is 0 Å². The average Bonchev–Trinajstić information content (AvgIpc) is 2.81. The molecule has 1 amide bonds. The summed E-state index contributed by atoms with van der Waals surface area (Å²) in [7, 11) is 0. The standard InChI is InChI=1S/C14H19FN2O/c1-9(2)11-5-6-17(8-11)14(18)10-3-4-13(16)12(15)7-10/h3-4,7,9,11H,5-6,8,16H2,1-2H3. The minimum Gasteiger partial charge on any atom is -0.396 e. The molecular weight excluding hydrogens is 231 g/mol. The summed E-state index contributed by atoms with van der Waals surface area (Å²) < 4.78 is 13.3. The van der Waals surface area contributed by atoms with Crippen LogP contribution in [0.15, 0.2) is 18.2 Å². The van der Waals surface area contributed by atoms with Gasteiger partial charge >= 0.3 is 0 Å². The quantitative estimate of drug-likeness (QED) is 0.820. The number of hydrogen-bond acceptors (Lipinski definition) is 2. The van der Waals surface area contributed by atoms with Crippen LogP contribution >= 0.6 is 0 Å². The molecule has 0 radical (unpaired) electrons. The van der Waals surface area contributed by atoms with Crippen LogP contribution < -0.4 is 5.73 Å². The molecular formula is C14H19FN2O. The van der Waals surface area contributed by atoms with E-state index in [1.807, 2.05) is 0 Å². The van der Waals surface area contributed by atoms with Crippen LogP contribution in [-0.4, -0.2) is 23.9 Å². The van der Waals surface area contributed by atoms with Gasteiger partial charge in [-0.25, -0.2) is 4.39 Å². The van der Waals surface area contributed by atoms with Crippen LogP contribution in [0.3, 0.4) is 0 Å². The van der Waals surface area contributed by atoms with Crippen LogP contribution in [0.2, 0.25) is 0 Å². The lowest BCUT2D eigenvalue weighted by Crippen LogP contribution is -2.29. The molecule has 1 heterocycles. The zero-order valence-corrected chi connectivity index (χ0v) is 10.8. The van der Waals surface area contributed by atoms with E-state index in [4.69, 9.17) is 5.73 Å². The number of nitrogen functional groups attached to an aromatic ring is 1. The molecule has 0 saturated carbocycles. The van der Waals surface area contributed by atoms with Crippen LogP contribution in [0, 0.1) is 17.7 Å². The van der Waals surface area contributed by atoms with Crippen molar-refractivity contribution in [2.75, 3.05) is 18.8 Å². The molecule has 1 aliphatic rings. The van der Waals surface area contributed by atoms with Gasteiger partial charge in [-0.1, -0.05) is 13.8 Å². The van der Waals surface area contributed by atoms with Gasteiger partial charge in [-0.05, 0) is 36.5 Å². The predicted octanol–water partition coefficient (Wildman–Crippen LogP) is 2.53. The molecule has 0 bridgehead atoms. The SMILES string of the molecule is CC(C)C1CCN(C(=O)c2ccc(N)c(F)c2)C1. The monoisotopic (exact) mass is 250 g/mol. The van der Waals surface area contributed by atoms with E-state index >= 15 is 0 Å². The van der Waals surface area contributed by atoms with Crippen molar-refractivity contribution in [1.29, 1.82) is 0 Å². The summed E-state index contributed by atoms with van der Waals surface area (Å²) in [6.45, 7) is 5.86. The largest absolute Gasteiger partial charge is 0.396 e. The minimum atomic E-state index is -0.527. The summed E-state index contributed by atoms with van der Waals surface area (Å²) in [5, 5.41) is 0. The Morgan fingerprint density at radius 2 is 2.22 bits per heavy atom. The highest BCUT2D eigenvalue weighted by Crippen LogP contribution is 2.25. The smallest absolute Gasteiger partial charge is 0.253 e. The maximum absolute atomic E-state index is 13.3. The highest BCUT2D eigenvalue weighted by atomic mass is 19.1. The summed E-state index contributed by atoms with van der Waals surface area (Å²) in [4.78, 5) is 14.0. The lowest BCUT2D eigenvalue weighted by atomic mass is 9.95. The lowest BCUT2D eigenvalue weighted by Gasteiger charge is -2.18. The fraction of sp³-hybridized carbons (Fsp3) is 0.500. The van der Waals surface area contributed by atoms with Crippen LogP contribution in [0.5, 0.6) is 0 Å². The number of amides is 1. The number of halogens is 1. The summed E-state index contributed by atoms with van der Waals surface area (Å²) >= 11 is 0. The van der Waals surface area contributed by atoms with Gasteiger partial charge < -0.3 is 10.6 Å². The summed E-state index contributed by atoms with van der Waals surface area (Å²) in [6, 6.07) is 4.25. The highest BCUT2D eigenvalue weighted by Gasteiger charge is 2.28. The molecule has 4 heteroatoms. The van der Waals surface area contributed by atoms with Crippen molar-refractivity contribution in [3.8, 4) is 0 Å². The number of likely N-dealkylation sites (tertiary alicyclic amines) is 1. The lowest BCUT2D eigenvalue weighted by molar-refractivity contribution is 0.0783. The Morgan fingerprint density at radius 1 is 1.50 bits per heavy atom. The van der Waals surface area contributed by atoms with Gasteiger partial charge in [0.15, 0.2) is 0 Å². The Bertz CT molecular complexity index is 459. The maximum Gasteiger partial charge on any atom is 0.253 e. The van der Waals surface area contributed by atoms with Gasteiger partial charge in [-0.2, -0.15) is 0 Å². The molecule has 1 aromatic rings. The minimum absolute atomic E-state index is 0.0769. The zero-order chi connectivity index (χ0) is 13.3. The second-order valence-electron chi connectivity index (χ2n) is 5.28. The van der Waals surface area contributed by atoms with Crippen LogP contribution in [0.1, 0.15) is 30.6 Å². The van der Waals surface area contributed by atoms with E-state index in [1.165, 1.54) is 12.1 Å². The zero-order valence-electron chi connectivity index (χ0n) is 10.8. The number of carbonyl (C=O) groups is 1. The fourth-order valence-corrected chi connectivity index (χ4v) is 2.36. The van der Waals surface area contributed by atoms with Crippen molar-refractivity contribution < 1.29 is 9.18 Å². The van der Waals surface area contributed by atoms with Gasteiger partial charge in [0.25, 0.3) is 5.91 Å². The van der Waals surface area contributed by atoms with Gasteiger partial charge in [0.1, 0.15) is 5.82 Å². The second kappa shape index (κ2) is 4.96. The highest BCUT2D eigenvalue weighted by molar-refractivity contribution is 5.94. The van der Waals surface area contributed by atoms with Crippen LogP contribution in [-0.2, 0) is 0 Å². The number of nitrogens with zero attached hydrogens (tertiary/aromatic N) is 1. The molecule has 0 spiro atoms. The molecule has 2 N–H and O–H groups in total. The molecule has 3 nitrogen and oxygen atoms in total. The third-order valence-corrected chi connectivity index (χ3v) is 3.70. The van der Waals surface area contributed by atoms with Gasteiger partial charge in [-0.3, -0.25) is 4.79 Å². The van der Waals surface area contributed by atoms with Crippen LogP contribution in [0.25, 0.3) is 0 Å². The molecule has 1 aliphatic heterocycles. The van der Waals surface area contributed by atoms with E-state index in [1.54, 1.807) is 11.0 Å². The van der Waals surface area contributed by atoms with E-state index in [0.29, 0.717) is 17.4 Å². The number of rotatable bonds is 2. The first-order valence-corrected chi connectivity index (χ1v) is 6.33. The summed E-state index contributed by atoms with van der Waals surface area (Å²) in [5.74, 6) is 0.496. The number of anilines is 1. The Hall–Kier alpha value is -1.58. The normalized spacial score (nSPS) is 19.6. The number of nitrogens with two attached hydrogens (primary N) is 1. The first-order valence-electron chi connectivity index (χ1n) is 6.33. The van der Waals surface area contributed by atoms with Gasteiger partial charge in [0, 0.05) is 18.7 Å². The first-order chi connectivity index (χ1) is 8.49. The van der Waals surface area contributed by atoms with Crippen molar-refractivity contribution >= 4 is 11.6 Å². The molecule has 1 saturated heterocycles. The van der Waals surface area contributed by atoms with E-state index in [9.17, 15) is 9.18 Å². The molecule has 1 fully saturated rings. The van der Waals surface area contributed by atoms with Crippen molar-refractivity contribution in [2.45, 2.75) is 20.3 Å². The Morgan fingerprint density at radius 3 is 2.78 bits per heavy atom. The summed E-state index contributed by atoms with van der Waals surface area (Å²) in [5.41, 5.74) is 5.86. The molecule has 98 valence electrons. The Balaban J connectivity index is 2.10. The van der Waals surface area contributed by atoms with Crippen LogP contribution in [0.4, 0.5) is 10.1 Å². The number of hydrogen-bond donors (Lipinski definition) is 1. The maximum atomic E-state index is 13.3. The molecule has 2 rings (SSSR count). The Kier molecular flexibility index (Phi) is 3.55. The van der Waals surface area contributed by atoms with E-state index in [2.05, 4.69) is 13.8 Å². The molecule has 0 aliphatic carbocycles. The van der Waals surface area contributed by atoms with Crippen molar-refractivity contribution in [2.24, 2.45) is 11.8 Å². The summed E-state index contributed by atoms with van der Waals surface area (Å²) in [6.07, 6.45) is 1.03.